The first-order chi connectivity index (χ1) is 8.30. The molecule has 2 heterocycles. The molecule has 1 spiro atoms. The average Bonchev–Trinajstić information content (AvgIpc) is 2.57. The highest BCUT2D eigenvalue weighted by molar-refractivity contribution is 8.00. The molecule has 0 radical (unpaired) electrons. The van der Waals surface area contributed by atoms with Gasteiger partial charge < -0.3 is 9.64 Å². The lowest BCUT2D eigenvalue weighted by molar-refractivity contribution is 0.0172. The van der Waals surface area contributed by atoms with E-state index in [-0.39, 0.29) is 11.0 Å². The minimum absolute atomic E-state index is 0.0641. The molecule has 0 saturated carbocycles. The topological polar surface area (TPSA) is 41.6 Å². The summed E-state index contributed by atoms with van der Waals surface area (Å²) in [7, 11) is 0. The third-order valence-corrected chi connectivity index (χ3v) is 4.90. The van der Waals surface area contributed by atoms with E-state index in [4.69, 9.17) is 4.74 Å². The molecule has 5 heteroatoms. The molecule has 1 N–H and O–H groups in total. The monoisotopic (exact) mass is 272 g/mol. The Morgan fingerprint density at radius 1 is 1.50 bits per heavy atom. The zero-order chi connectivity index (χ0) is 13.4. The molecule has 2 aliphatic rings. The van der Waals surface area contributed by atoms with Gasteiger partial charge in [-0.15, -0.1) is 11.8 Å². The van der Waals surface area contributed by atoms with E-state index in [0.717, 1.165) is 31.7 Å². The molecule has 104 valence electrons. The Bertz CT molecular complexity index is 325. The van der Waals surface area contributed by atoms with Crippen LogP contribution in [0, 0.1) is 0 Å². The van der Waals surface area contributed by atoms with Crippen LogP contribution in [0.3, 0.4) is 0 Å². The summed E-state index contributed by atoms with van der Waals surface area (Å²) in [6, 6.07) is 0.536. The number of carbonyl (C=O) groups is 1. The summed E-state index contributed by atoms with van der Waals surface area (Å²) in [6.07, 6.45) is 2.01. The summed E-state index contributed by atoms with van der Waals surface area (Å²) in [4.78, 5) is 14.0. The van der Waals surface area contributed by atoms with Crippen LogP contribution in [0.4, 0.5) is 4.79 Å². The van der Waals surface area contributed by atoms with Crippen molar-refractivity contribution in [2.45, 2.75) is 57.1 Å². The van der Waals surface area contributed by atoms with Crippen LogP contribution >= 0.6 is 11.8 Å². The summed E-state index contributed by atoms with van der Waals surface area (Å²) in [5, 5.41) is 3.63. The molecule has 0 bridgehead atoms. The zero-order valence-electron chi connectivity index (χ0n) is 11.8. The maximum absolute atomic E-state index is 12.1. The maximum Gasteiger partial charge on any atom is 0.410 e. The Balaban J connectivity index is 1.97. The SMILES string of the molecule is CC1CSC2(CCCN(C(=O)OC(C)(C)C)C2)N1. The molecule has 1 amide bonds. The number of amides is 1. The Morgan fingerprint density at radius 2 is 2.22 bits per heavy atom. The first-order valence-electron chi connectivity index (χ1n) is 6.69. The molecule has 18 heavy (non-hydrogen) atoms. The van der Waals surface area contributed by atoms with E-state index in [9.17, 15) is 4.79 Å². The third-order valence-electron chi connectivity index (χ3n) is 3.23. The van der Waals surface area contributed by atoms with Crippen molar-refractivity contribution in [2.75, 3.05) is 18.8 Å². The van der Waals surface area contributed by atoms with E-state index in [1.807, 2.05) is 37.4 Å². The molecule has 2 unspecified atom stereocenters. The van der Waals surface area contributed by atoms with Gasteiger partial charge in [0.1, 0.15) is 5.60 Å². The Morgan fingerprint density at radius 3 is 2.78 bits per heavy atom. The van der Waals surface area contributed by atoms with Gasteiger partial charge in [0.2, 0.25) is 0 Å². The van der Waals surface area contributed by atoms with Crippen LogP contribution in [0.15, 0.2) is 0 Å². The highest BCUT2D eigenvalue weighted by atomic mass is 32.2. The molecule has 0 aromatic carbocycles. The van der Waals surface area contributed by atoms with Crippen LogP contribution < -0.4 is 5.32 Å². The van der Waals surface area contributed by atoms with Gasteiger partial charge in [0.15, 0.2) is 0 Å². The number of nitrogens with one attached hydrogen (secondary N) is 1. The zero-order valence-corrected chi connectivity index (χ0v) is 12.6. The number of rotatable bonds is 0. The molecule has 0 aliphatic carbocycles. The molecular formula is C13H24N2O2S. The second-order valence-corrected chi connectivity index (χ2v) is 7.76. The van der Waals surface area contributed by atoms with Crippen molar-refractivity contribution in [3.63, 3.8) is 0 Å². The first kappa shape index (κ1) is 14.0. The lowest BCUT2D eigenvalue weighted by Gasteiger charge is -2.40. The molecule has 2 aliphatic heterocycles. The van der Waals surface area contributed by atoms with E-state index in [0.29, 0.717) is 6.04 Å². The molecule has 4 nitrogen and oxygen atoms in total. The molecule has 2 fully saturated rings. The van der Waals surface area contributed by atoms with E-state index >= 15 is 0 Å². The van der Waals surface area contributed by atoms with Crippen LogP contribution in [0.2, 0.25) is 0 Å². The maximum atomic E-state index is 12.1. The average molecular weight is 272 g/mol. The molecule has 2 rings (SSSR count). The minimum atomic E-state index is -0.411. The van der Waals surface area contributed by atoms with Crippen LogP contribution in [0.5, 0.6) is 0 Å². The van der Waals surface area contributed by atoms with Crippen molar-refractivity contribution in [1.82, 2.24) is 10.2 Å². The van der Waals surface area contributed by atoms with Gasteiger partial charge in [-0.3, -0.25) is 5.32 Å². The van der Waals surface area contributed by atoms with Crippen LogP contribution in [0.1, 0.15) is 40.5 Å². The van der Waals surface area contributed by atoms with Crippen molar-refractivity contribution in [3.05, 3.63) is 0 Å². The quantitative estimate of drug-likeness (QED) is 0.735. The molecule has 0 aromatic rings. The fourth-order valence-electron chi connectivity index (χ4n) is 2.56. The predicted octanol–water partition coefficient (Wildman–Crippen LogP) is 2.44. The van der Waals surface area contributed by atoms with E-state index < -0.39 is 5.60 Å². The summed E-state index contributed by atoms with van der Waals surface area (Å²) < 4.78 is 5.46. The van der Waals surface area contributed by atoms with Crippen molar-refractivity contribution >= 4 is 17.9 Å². The largest absolute Gasteiger partial charge is 0.444 e. The van der Waals surface area contributed by atoms with E-state index in [1.54, 1.807) is 0 Å². The highest BCUT2D eigenvalue weighted by Crippen LogP contribution is 2.38. The van der Waals surface area contributed by atoms with Gasteiger partial charge in [-0.25, -0.2) is 4.79 Å². The number of thioether (sulfide) groups is 1. The number of hydrogen-bond donors (Lipinski definition) is 1. The van der Waals surface area contributed by atoms with Crippen LogP contribution in [0.25, 0.3) is 0 Å². The van der Waals surface area contributed by atoms with Crippen LogP contribution in [-0.2, 0) is 4.74 Å². The van der Waals surface area contributed by atoms with Gasteiger partial charge >= 0.3 is 6.09 Å². The summed E-state index contributed by atoms with van der Waals surface area (Å²) in [5.74, 6) is 1.13. The number of ether oxygens (including phenoxy) is 1. The summed E-state index contributed by atoms with van der Waals surface area (Å²) in [5.41, 5.74) is -0.411. The lowest BCUT2D eigenvalue weighted by atomic mass is 10.0. The van der Waals surface area contributed by atoms with Crippen molar-refractivity contribution in [1.29, 1.82) is 0 Å². The van der Waals surface area contributed by atoms with Crippen molar-refractivity contribution < 1.29 is 9.53 Å². The normalized spacial score (nSPS) is 32.9. The van der Waals surface area contributed by atoms with Gasteiger partial charge in [-0.1, -0.05) is 0 Å². The molecule has 2 saturated heterocycles. The van der Waals surface area contributed by atoms with Crippen molar-refractivity contribution in [2.24, 2.45) is 0 Å². The molecule has 2 atom stereocenters. The first-order valence-corrected chi connectivity index (χ1v) is 7.68. The fourth-order valence-corrected chi connectivity index (χ4v) is 4.03. The molecular weight excluding hydrogens is 248 g/mol. The predicted molar refractivity (Wildman–Crippen MR) is 74.8 cm³/mol. The summed E-state index contributed by atoms with van der Waals surface area (Å²) in [6.45, 7) is 9.51. The minimum Gasteiger partial charge on any atom is -0.444 e. The Kier molecular flexibility index (Phi) is 3.83. The van der Waals surface area contributed by atoms with Gasteiger partial charge in [0.05, 0.1) is 11.4 Å². The standard InChI is InChI=1S/C13H24N2O2S/c1-10-8-18-13(14-10)6-5-7-15(9-13)11(16)17-12(2,3)4/h10,14H,5-9H2,1-4H3. The summed E-state index contributed by atoms with van der Waals surface area (Å²) >= 11 is 1.95. The fraction of sp³-hybridized carbons (Fsp3) is 0.923. The van der Waals surface area contributed by atoms with Crippen molar-refractivity contribution in [3.8, 4) is 0 Å². The second-order valence-electron chi connectivity index (χ2n) is 6.36. The number of piperidine rings is 1. The van der Waals surface area contributed by atoms with Crippen LogP contribution in [-0.4, -0.2) is 46.3 Å². The number of nitrogens with zero attached hydrogens (tertiary/aromatic N) is 1. The second kappa shape index (κ2) is 4.93. The van der Waals surface area contributed by atoms with E-state index in [1.165, 1.54) is 0 Å². The highest BCUT2D eigenvalue weighted by Gasteiger charge is 2.43. The Labute approximate surface area is 114 Å². The smallest absolute Gasteiger partial charge is 0.410 e. The van der Waals surface area contributed by atoms with Gasteiger partial charge in [-0.2, -0.15) is 0 Å². The third kappa shape index (κ3) is 3.32. The van der Waals surface area contributed by atoms with Gasteiger partial charge in [-0.05, 0) is 40.5 Å². The van der Waals surface area contributed by atoms with Gasteiger partial charge in [0, 0.05) is 18.3 Å². The van der Waals surface area contributed by atoms with Gasteiger partial charge in [0.25, 0.3) is 0 Å². The lowest BCUT2D eigenvalue weighted by Crippen LogP contribution is -2.55. The number of likely N-dealkylation sites (tertiary alicyclic amines) is 1. The van der Waals surface area contributed by atoms with E-state index in [2.05, 4.69) is 12.2 Å². The molecule has 0 aromatic heterocycles. The number of carbonyl (C=O) groups excluding carboxylic acids is 1. The Hall–Kier alpha value is -0.420. The number of hydrogen-bond acceptors (Lipinski definition) is 4.